The Kier molecular flexibility index (Phi) is 3.54. The van der Waals surface area contributed by atoms with Crippen molar-refractivity contribution in [1.82, 2.24) is 0 Å². The Morgan fingerprint density at radius 1 is 1.39 bits per heavy atom. The summed E-state index contributed by atoms with van der Waals surface area (Å²) in [6.45, 7) is 0. The molecule has 1 rings (SSSR count). The van der Waals surface area contributed by atoms with E-state index in [1.54, 1.807) is 0 Å². The van der Waals surface area contributed by atoms with Gasteiger partial charge in [-0.1, -0.05) is 0 Å². The topological polar surface area (TPSA) is 69.4 Å². The van der Waals surface area contributed by atoms with Gasteiger partial charge in [0.05, 0.1) is 23.7 Å². The molecule has 0 aliphatic heterocycles. The summed E-state index contributed by atoms with van der Waals surface area (Å²) < 4.78 is 54.8. The molecule has 0 amide bonds. The molecule has 0 aliphatic rings. The van der Waals surface area contributed by atoms with Gasteiger partial charge in [0.15, 0.2) is 0 Å². The lowest BCUT2D eigenvalue weighted by Crippen LogP contribution is -2.13. The van der Waals surface area contributed by atoms with Crippen molar-refractivity contribution in [2.24, 2.45) is 0 Å². The maximum Gasteiger partial charge on any atom is 0.423 e. The summed E-state index contributed by atoms with van der Waals surface area (Å²) in [6.07, 6.45) is -5.08. The van der Waals surface area contributed by atoms with Gasteiger partial charge in [0.2, 0.25) is 0 Å². The lowest BCUT2D eigenvalue weighted by Gasteiger charge is -2.09. The van der Waals surface area contributed by atoms with Crippen LogP contribution < -0.4 is 0 Å². The molecule has 0 aromatic heterocycles. The van der Waals surface area contributed by atoms with E-state index in [9.17, 15) is 32.5 Å². The van der Waals surface area contributed by atoms with Gasteiger partial charge in [-0.25, -0.2) is 9.18 Å². The fraction of sp³-hybridized carbons (Fsp3) is 0.222. The Morgan fingerprint density at radius 3 is 2.33 bits per heavy atom. The number of benzene rings is 1. The average molecular weight is 267 g/mol. The molecule has 0 fully saturated rings. The Bertz CT molecular complexity index is 512. The van der Waals surface area contributed by atoms with E-state index in [4.69, 9.17) is 0 Å². The van der Waals surface area contributed by atoms with Gasteiger partial charge < -0.3 is 4.74 Å². The summed E-state index contributed by atoms with van der Waals surface area (Å²) in [4.78, 5) is 20.0. The second-order valence-corrected chi connectivity index (χ2v) is 3.10. The monoisotopic (exact) mass is 267 g/mol. The van der Waals surface area contributed by atoms with Crippen molar-refractivity contribution in [3.63, 3.8) is 0 Å². The van der Waals surface area contributed by atoms with Crippen LogP contribution >= 0.6 is 0 Å². The average Bonchev–Trinajstić information content (AvgIpc) is 2.25. The summed E-state index contributed by atoms with van der Waals surface area (Å²) in [7, 11) is 0.844. The number of rotatable bonds is 2. The number of nitro groups is 1. The van der Waals surface area contributed by atoms with Gasteiger partial charge in [-0.15, -0.1) is 0 Å². The molecule has 0 aliphatic carbocycles. The molecule has 0 bridgehead atoms. The largest absolute Gasteiger partial charge is 0.465 e. The van der Waals surface area contributed by atoms with E-state index in [2.05, 4.69) is 4.74 Å². The van der Waals surface area contributed by atoms with E-state index in [-0.39, 0.29) is 12.1 Å². The molecule has 0 unspecified atom stereocenters. The fourth-order valence-electron chi connectivity index (χ4n) is 1.21. The Hall–Kier alpha value is -2.19. The molecule has 1 aromatic rings. The highest BCUT2D eigenvalue weighted by Crippen LogP contribution is 2.37. The number of hydrogen-bond acceptors (Lipinski definition) is 4. The van der Waals surface area contributed by atoms with Crippen molar-refractivity contribution in [1.29, 1.82) is 0 Å². The number of methoxy groups -OCH3 is 1. The van der Waals surface area contributed by atoms with Crippen molar-refractivity contribution >= 4 is 11.7 Å². The van der Waals surface area contributed by atoms with Crippen LogP contribution in [0.2, 0.25) is 0 Å². The van der Waals surface area contributed by atoms with Crippen LogP contribution in [0.25, 0.3) is 0 Å². The molecule has 18 heavy (non-hydrogen) atoms. The zero-order chi connectivity index (χ0) is 14.1. The number of carbonyl (C=O) groups excluding carboxylic acids is 1. The van der Waals surface area contributed by atoms with Crippen molar-refractivity contribution < 1.29 is 32.0 Å². The Balaban J connectivity index is 3.56. The molecule has 0 saturated heterocycles. The highest BCUT2D eigenvalue weighted by atomic mass is 19.4. The van der Waals surface area contributed by atoms with Crippen LogP contribution in [0.15, 0.2) is 12.1 Å². The molecule has 5 nitrogen and oxygen atoms in total. The lowest BCUT2D eigenvalue weighted by molar-refractivity contribution is -0.388. The Morgan fingerprint density at radius 2 is 1.94 bits per heavy atom. The summed E-state index contributed by atoms with van der Waals surface area (Å²) in [5.41, 5.74) is -4.20. The van der Waals surface area contributed by atoms with Crippen LogP contribution in [0, 0.1) is 15.9 Å². The molecule has 0 N–H and O–H groups in total. The van der Waals surface area contributed by atoms with Crippen LogP contribution in [-0.4, -0.2) is 18.0 Å². The maximum absolute atomic E-state index is 13.2. The van der Waals surface area contributed by atoms with Crippen molar-refractivity contribution in [3.05, 3.63) is 39.2 Å². The quantitative estimate of drug-likeness (QED) is 0.357. The van der Waals surface area contributed by atoms with Gasteiger partial charge in [-0.05, 0) is 6.07 Å². The second-order valence-electron chi connectivity index (χ2n) is 3.10. The standard InChI is InChI=1S/C9H5F4NO4/c1-18-8(15)4-2-5(9(11,12)13)7(14(16)17)3-6(4)10/h2-3H,1H3. The minimum Gasteiger partial charge on any atom is -0.465 e. The van der Waals surface area contributed by atoms with Gasteiger partial charge in [-0.2, -0.15) is 13.2 Å². The highest BCUT2D eigenvalue weighted by molar-refractivity contribution is 5.90. The van der Waals surface area contributed by atoms with Gasteiger partial charge in [0.25, 0.3) is 5.69 Å². The van der Waals surface area contributed by atoms with E-state index in [0.29, 0.717) is 0 Å². The fourth-order valence-corrected chi connectivity index (χ4v) is 1.21. The van der Waals surface area contributed by atoms with Crippen LogP contribution in [-0.2, 0) is 10.9 Å². The molecule has 1 aromatic carbocycles. The highest BCUT2D eigenvalue weighted by Gasteiger charge is 2.40. The smallest absolute Gasteiger partial charge is 0.423 e. The normalized spacial score (nSPS) is 11.2. The molecule has 98 valence electrons. The lowest BCUT2D eigenvalue weighted by atomic mass is 10.1. The maximum atomic E-state index is 13.2. The molecular weight excluding hydrogens is 262 g/mol. The third-order valence-corrected chi connectivity index (χ3v) is 1.99. The second kappa shape index (κ2) is 4.59. The molecule has 0 heterocycles. The number of hydrogen-bond donors (Lipinski definition) is 0. The third-order valence-electron chi connectivity index (χ3n) is 1.99. The third kappa shape index (κ3) is 2.55. The van der Waals surface area contributed by atoms with Gasteiger partial charge in [0, 0.05) is 0 Å². The van der Waals surface area contributed by atoms with E-state index < -0.39 is 39.7 Å². The van der Waals surface area contributed by atoms with Crippen LogP contribution in [0.1, 0.15) is 15.9 Å². The van der Waals surface area contributed by atoms with Crippen molar-refractivity contribution in [2.75, 3.05) is 7.11 Å². The van der Waals surface area contributed by atoms with Gasteiger partial charge >= 0.3 is 12.1 Å². The summed E-state index contributed by atoms with van der Waals surface area (Å²) >= 11 is 0. The van der Waals surface area contributed by atoms with Crippen LogP contribution in [0.3, 0.4) is 0 Å². The zero-order valence-electron chi connectivity index (χ0n) is 8.75. The molecule has 0 radical (unpaired) electrons. The first-order chi connectivity index (χ1) is 8.18. The predicted molar refractivity (Wildman–Crippen MR) is 49.4 cm³/mol. The van der Waals surface area contributed by atoms with E-state index in [1.165, 1.54) is 0 Å². The number of halogens is 4. The van der Waals surface area contributed by atoms with Crippen LogP contribution in [0.5, 0.6) is 0 Å². The van der Waals surface area contributed by atoms with Crippen molar-refractivity contribution in [2.45, 2.75) is 6.18 Å². The first kappa shape index (κ1) is 13.9. The number of nitrogens with zero attached hydrogens (tertiary/aromatic N) is 1. The zero-order valence-corrected chi connectivity index (χ0v) is 8.75. The Labute approximate surface area is 97.1 Å². The number of esters is 1. The minimum absolute atomic E-state index is 0.0368. The molecular formula is C9H5F4NO4. The number of carbonyl (C=O) groups is 1. The molecule has 0 spiro atoms. The first-order valence-electron chi connectivity index (χ1n) is 4.32. The van der Waals surface area contributed by atoms with Gasteiger partial charge in [-0.3, -0.25) is 10.1 Å². The SMILES string of the molecule is COC(=O)c1cc(C(F)(F)F)c([N+](=O)[O-])cc1F. The van der Waals surface area contributed by atoms with Crippen LogP contribution in [0.4, 0.5) is 23.2 Å². The predicted octanol–water partition coefficient (Wildman–Crippen LogP) is 2.54. The van der Waals surface area contributed by atoms with E-state index in [1.807, 2.05) is 0 Å². The van der Waals surface area contributed by atoms with Crippen molar-refractivity contribution in [3.8, 4) is 0 Å². The molecule has 0 saturated carbocycles. The minimum atomic E-state index is -5.08. The van der Waals surface area contributed by atoms with E-state index in [0.717, 1.165) is 7.11 Å². The van der Waals surface area contributed by atoms with E-state index >= 15 is 0 Å². The summed E-state index contributed by atoms with van der Waals surface area (Å²) in [5, 5.41) is 10.4. The summed E-state index contributed by atoms with van der Waals surface area (Å²) in [6, 6.07) is 0.0916. The number of nitro benzene ring substituents is 1. The first-order valence-corrected chi connectivity index (χ1v) is 4.32. The van der Waals surface area contributed by atoms with Gasteiger partial charge in [0.1, 0.15) is 11.4 Å². The number of alkyl halides is 3. The molecule has 0 atom stereocenters. The summed E-state index contributed by atoms with van der Waals surface area (Å²) in [5.74, 6) is -2.81. The number of ether oxygens (including phenoxy) is 1. The molecule has 9 heteroatoms.